The Morgan fingerprint density at radius 2 is 2.00 bits per heavy atom. The molecule has 2 unspecified atom stereocenters. The van der Waals surface area contributed by atoms with Crippen molar-refractivity contribution < 1.29 is 0 Å². The fourth-order valence-electron chi connectivity index (χ4n) is 2.18. The Bertz CT molecular complexity index is 183. The van der Waals surface area contributed by atoms with Crippen molar-refractivity contribution in [2.75, 3.05) is 20.1 Å². The van der Waals surface area contributed by atoms with Gasteiger partial charge >= 0.3 is 0 Å². The standard InChI is InChI=1S/C13H26N2/c1-5-6-11(2)12(3)14-13-7-9-15(4)10-8-13/h5,11-14H,1,6-10H2,2-4H3. The molecule has 0 spiro atoms. The van der Waals surface area contributed by atoms with E-state index in [1.165, 1.54) is 25.9 Å². The molecule has 1 heterocycles. The van der Waals surface area contributed by atoms with Crippen LogP contribution in [0.4, 0.5) is 0 Å². The van der Waals surface area contributed by atoms with Gasteiger partial charge in [0.05, 0.1) is 0 Å². The minimum Gasteiger partial charge on any atom is -0.311 e. The predicted octanol–water partition coefficient (Wildman–Crippen LogP) is 2.27. The minimum atomic E-state index is 0.608. The van der Waals surface area contributed by atoms with Crippen molar-refractivity contribution in [3.05, 3.63) is 12.7 Å². The maximum absolute atomic E-state index is 3.81. The molecule has 2 atom stereocenters. The molecule has 88 valence electrons. The van der Waals surface area contributed by atoms with Gasteiger partial charge in [0, 0.05) is 12.1 Å². The van der Waals surface area contributed by atoms with E-state index in [9.17, 15) is 0 Å². The maximum Gasteiger partial charge on any atom is 0.00939 e. The Balaban J connectivity index is 2.25. The molecule has 0 aliphatic carbocycles. The molecule has 2 nitrogen and oxygen atoms in total. The van der Waals surface area contributed by atoms with E-state index >= 15 is 0 Å². The summed E-state index contributed by atoms with van der Waals surface area (Å²) in [4.78, 5) is 2.41. The number of piperidine rings is 1. The number of rotatable bonds is 5. The molecule has 0 aromatic carbocycles. The van der Waals surface area contributed by atoms with Crippen LogP contribution >= 0.6 is 0 Å². The van der Waals surface area contributed by atoms with E-state index < -0.39 is 0 Å². The van der Waals surface area contributed by atoms with E-state index in [4.69, 9.17) is 0 Å². The predicted molar refractivity (Wildman–Crippen MR) is 67.1 cm³/mol. The van der Waals surface area contributed by atoms with Gasteiger partial charge in [-0.25, -0.2) is 0 Å². The molecule has 0 aromatic rings. The summed E-state index contributed by atoms with van der Waals surface area (Å²) in [5.74, 6) is 0.696. The zero-order chi connectivity index (χ0) is 11.3. The van der Waals surface area contributed by atoms with E-state index in [0.29, 0.717) is 12.0 Å². The summed E-state index contributed by atoms with van der Waals surface area (Å²) >= 11 is 0. The molecule has 0 bridgehead atoms. The number of nitrogens with one attached hydrogen (secondary N) is 1. The van der Waals surface area contributed by atoms with Gasteiger partial charge in [-0.05, 0) is 52.2 Å². The average molecular weight is 210 g/mol. The van der Waals surface area contributed by atoms with Crippen LogP contribution in [0, 0.1) is 5.92 Å². The van der Waals surface area contributed by atoms with Crippen LogP contribution in [0.25, 0.3) is 0 Å². The summed E-state index contributed by atoms with van der Waals surface area (Å²) in [6.45, 7) is 10.9. The zero-order valence-corrected chi connectivity index (χ0v) is 10.5. The number of allylic oxidation sites excluding steroid dienone is 1. The summed E-state index contributed by atoms with van der Waals surface area (Å²) in [6.07, 6.45) is 5.72. The topological polar surface area (TPSA) is 15.3 Å². The van der Waals surface area contributed by atoms with Gasteiger partial charge in [-0.2, -0.15) is 0 Å². The first-order valence-electron chi connectivity index (χ1n) is 6.19. The van der Waals surface area contributed by atoms with Gasteiger partial charge in [-0.3, -0.25) is 0 Å². The molecule has 1 aliphatic rings. The highest BCUT2D eigenvalue weighted by Gasteiger charge is 2.19. The van der Waals surface area contributed by atoms with Crippen LogP contribution < -0.4 is 5.32 Å². The van der Waals surface area contributed by atoms with Gasteiger partial charge < -0.3 is 10.2 Å². The van der Waals surface area contributed by atoms with Crippen molar-refractivity contribution >= 4 is 0 Å². The van der Waals surface area contributed by atoms with Crippen molar-refractivity contribution in [1.29, 1.82) is 0 Å². The highest BCUT2D eigenvalue weighted by molar-refractivity contribution is 4.82. The first kappa shape index (κ1) is 12.7. The third-order valence-electron chi connectivity index (χ3n) is 3.61. The van der Waals surface area contributed by atoms with E-state index in [1.807, 2.05) is 6.08 Å². The summed E-state index contributed by atoms with van der Waals surface area (Å²) in [6, 6.07) is 1.33. The second kappa shape index (κ2) is 6.29. The number of nitrogens with zero attached hydrogens (tertiary/aromatic N) is 1. The van der Waals surface area contributed by atoms with Crippen molar-refractivity contribution in [1.82, 2.24) is 10.2 Å². The molecule has 0 radical (unpaired) electrons. The van der Waals surface area contributed by atoms with Crippen LogP contribution in [-0.4, -0.2) is 37.1 Å². The Labute approximate surface area is 94.7 Å². The fourth-order valence-corrected chi connectivity index (χ4v) is 2.18. The lowest BCUT2D eigenvalue weighted by Crippen LogP contribution is -2.46. The molecule has 1 fully saturated rings. The Morgan fingerprint density at radius 3 is 2.53 bits per heavy atom. The largest absolute Gasteiger partial charge is 0.311 e. The van der Waals surface area contributed by atoms with Crippen molar-refractivity contribution in [3.8, 4) is 0 Å². The molecule has 0 amide bonds. The van der Waals surface area contributed by atoms with Crippen LogP contribution in [0.2, 0.25) is 0 Å². The lowest BCUT2D eigenvalue weighted by atomic mass is 9.97. The van der Waals surface area contributed by atoms with E-state index in [-0.39, 0.29) is 0 Å². The van der Waals surface area contributed by atoms with E-state index in [2.05, 4.69) is 37.7 Å². The van der Waals surface area contributed by atoms with Crippen molar-refractivity contribution in [3.63, 3.8) is 0 Å². The number of hydrogen-bond donors (Lipinski definition) is 1. The Hall–Kier alpha value is -0.340. The second-order valence-corrected chi connectivity index (χ2v) is 5.03. The average Bonchev–Trinajstić information content (AvgIpc) is 2.22. The van der Waals surface area contributed by atoms with Gasteiger partial charge in [0.1, 0.15) is 0 Å². The second-order valence-electron chi connectivity index (χ2n) is 5.03. The third-order valence-corrected chi connectivity index (χ3v) is 3.61. The highest BCUT2D eigenvalue weighted by Crippen LogP contribution is 2.13. The number of likely N-dealkylation sites (tertiary alicyclic amines) is 1. The first-order chi connectivity index (χ1) is 7.13. The lowest BCUT2D eigenvalue weighted by Gasteiger charge is -2.33. The highest BCUT2D eigenvalue weighted by atomic mass is 15.1. The SMILES string of the molecule is C=CCC(C)C(C)NC1CCN(C)CC1. The normalized spacial score (nSPS) is 23.7. The molecule has 0 aromatic heterocycles. The molecule has 15 heavy (non-hydrogen) atoms. The van der Waals surface area contributed by atoms with E-state index in [1.54, 1.807) is 0 Å². The summed E-state index contributed by atoms with van der Waals surface area (Å²) < 4.78 is 0. The quantitative estimate of drug-likeness (QED) is 0.700. The minimum absolute atomic E-state index is 0.608. The summed E-state index contributed by atoms with van der Waals surface area (Å²) in [7, 11) is 2.21. The smallest absolute Gasteiger partial charge is 0.00939 e. The van der Waals surface area contributed by atoms with Crippen LogP contribution in [0.5, 0.6) is 0 Å². The zero-order valence-electron chi connectivity index (χ0n) is 10.5. The van der Waals surface area contributed by atoms with Crippen LogP contribution in [-0.2, 0) is 0 Å². The molecule has 2 heteroatoms. The number of hydrogen-bond acceptors (Lipinski definition) is 2. The molecule has 1 aliphatic heterocycles. The molecule has 1 N–H and O–H groups in total. The third kappa shape index (κ3) is 4.35. The molecule has 0 saturated carbocycles. The van der Waals surface area contributed by atoms with Crippen LogP contribution in [0.15, 0.2) is 12.7 Å². The van der Waals surface area contributed by atoms with Crippen LogP contribution in [0.1, 0.15) is 33.1 Å². The van der Waals surface area contributed by atoms with Gasteiger partial charge in [0.25, 0.3) is 0 Å². The first-order valence-corrected chi connectivity index (χ1v) is 6.19. The van der Waals surface area contributed by atoms with Gasteiger partial charge in [-0.15, -0.1) is 6.58 Å². The maximum atomic E-state index is 3.81. The van der Waals surface area contributed by atoms with Crippen molar-refractivity contribution in [2.24, 2.45) is 5.92 Å². The van der Waals surface area contributed by atoms with E-state index in [0.717, 1.165) is 12.5 Å². The Kier molecular flexibility index (Phi) is 5.34. The Morgan fingerprint density at radius 1 is 1.40 bits per heavy atom. The fraction of sp³-hybridized carbons (Fsp3) is 0.846. The molecule has 1 rings (SSSR count). The van der Waals surface area contributed by atoms with Gasteiger partial charge in [-0.1, -0.05) is 13.0 Å². The molecular formula is C13H26N2. The van der Waals surface area contributed by atoms with Crippen LogP contribution in [0.3, 0.4) is 0 Å². The summed E-state index contributed by atoms with van der Waals surface area (Å²) in [5.41, 5.74) is 0. The van der Waals surface area contributed by atoms with Gasteiger partial charge in [0.15, 0.2) is 0 Å². The van der Waals surface area contributed by atoms with Crippen molar-refractivity contribution in [2.45, 2.75) is 45.2 Å². The molecular weight excluding hydrogens is 184 g/mol. The molecule has 1 saturated heterocycles. The monoisotopic (exact) mass is 210 g/mol. The lowest BCUT2D eigenvalue weighted by molar-refractivity contribution is 0.215. The van der Waals surface area contributed by atoms with Gasteiger partial charge in [0.2, 0.25) is 0 Å². The summed E-state index contributed by atoms with van der Waals surface area (Å²) in [5, 5.41) is 3.75.